The highest BCUT2D eigenvalue weighted by molar-refractivity contribution is 7.10. The van der Waals surface area contributed by atoms with E-state index in [0.717, 1.165) is 5.92 Å². The summed E-state index contributed by atoms with van der Waals surface area (Å²) in [7, 11) is 0. The molecule has 3 heteroatoms. The summed E-state index contributed by atoms with van der Waals surface area (Å²) in [5.41, 5.74) is 0. The molecule has 2 rings (SSSR count). The van der Waals surface area contributed by atoms with E-state index in [1.54, 1.807) is 0 Å². The zero-order valence-electron chi connectivity index (χ0n) is 14.0. The Morgan fingerprint density at radius 1 is 1.38 bits per heavy atom. The maximum atomic E-state index is 3.94. The van der Waals surface area contributed by atoms with Crippen LogP contribution in [0.1, 0.15) is 63.8 Å². The van der Waals surface area contributed by atoms with Gasteiger partial charge >= 0.3 is 0 Å². The van der Waals surface area contributed by atoms with E-state index in [2.05, 4.69) is 48.5 Å². The Bertz CT molecular complexity index is 375. The Kier molecular flexibility index (Phi) is 7.21. The first-order chi connectivity index (χ1) is 10.2. The van der Waals surface area contributed by atoms with Crippen molar-refractivity contribution in [1.29, 1.82) is 0 Å². The number of rotatable bonds is 8. The highest BCUT2D eigenvalue weighted by Gasteiger charge is 2.26. The van der Waals surface area contributed by atoms with Crippen LogP contribution in [0.2, 0.25) is 0 Å². The predicted octanol–water partition coefficient (Wildman–Crippen LogP) is 4.69. The minimum atomic E-state index is 0.548. The molecule has 0 aliphatic carbocycles. The topological polar surface area (TPSA) is 15.3 Å². The van der Waals surface area contributed by atoms with Crippen molar-refractivity contribution >= 4 is 11.3 Å². The molecule has 1 aromatic rings. The maximum Gasteiger partial charge on any atom is 0.0416 e. The van der Waals surface area contributed by atoms with Crippen LogP contribution in [0, 0.1) is 5.92 Å². The van der Waals surface area contributed by atoms with Crippen LogP contribution in [0.15, 0.2) is 17.5 Å². The predicted molar refractivity (Wildman–Crippen MR) is 94.0 cm³/mol. The second kappa shape index (κ2) is 8.92. The first kappa shape index (κ1) is 17.0. The molecule has 3 unspecified atom stereocenters. The number of hydrogen-bond donors (Lipinski definition) is 1. The molecule has 0 spiro atoms. The van der Waals surface area contributed by atoms with Gasteiger partial charge in [-0.1, -0.05) is 26.3 Å². The summed E-state index contributed by atoms with van der Waals surface area (Å²) < 4.78 is 0. The lowest BCUT2D eigenvalue weighted by atomic mass is 9.90. The quantitative estimate of drug-likeness (QED) is 0.749. The van der Waals surface area contributed by atoms with E-state index in [1.165, 1.54) is 56.6 Å². The average molecular weight is 309 g/mol. The number of nitrogens with zero attached hydrogens (tertiary/aromatic N) is 1. The highest BCUT2D eigenvalue weighted by atomic mass is 32.1. The summed E-state index contributed by atoms with van der Waals surface area (Å²) in [4.78, 5) is 4.16. The Hall–Kier alpha value is -0.380. The van der Waals surface area contributed by atoms with E-state index in [9.17, 15) is 0 Å². The van der Waals surface area contributed by atoms with E-state index >= 15 is 0 Å². The van der Waals surface area contributed by atoms with E-state index < -0.39 is 0 Å². The number of hydrogen-bond acceptors (Lipinski definition) is 3. The fourth-order valence-corrected chi connectivity index (χ4v) is 4.38. The van der Waals surface area contributed by atoms with Gasteiger partial charge in [0.25, 0.3) is 0 Å². The third-order valence-electron chi connectivity index (χ3n) is 4.72. The highest BCUT2D eigenvalue weighted by Crippen LogP contribution is 2.27. The summed E-state index contributed by atoms with van der Waals surface area (Å²) in [6.07, 6.45) is 6.53. The summed E-state index contributed by atoms with van der Waals surface area (Å²) >= 11 is 1.90. The van der Waals surface area contributed by atoms with Crippen LogP contribution >= 0.6 is 11.3 Å². The monoisotopic (exact) mass is 308 g/mol. The molecular formula is C18H32N2S. The van der Waals surface area contributed by atoms with Crippen LogP contribution < -0.4 is 5.32 Å². The lowest BCUT2D eigenvalue weighted by Crippen LogP contribution is -2.45. The van der Waals surface area contributed by atoms with Crippen molar-refractivity contribution in [1.82, 2.24) is 10.2 Å². The summed E-state index contributed by atoms with van der Waals surface area (Å²) in [6.45, 7) is 10.8. The van der Waals surface area contributed by atoms with Crippen molar-refractivity contribution in [2.75, 3.05) is 19.6 Å². The van der Waals surface area contributed by atoms with Gasteiger partial charge in [-0.2, -0.15) is 0 Å². The maximum absolute atomic E-state index is 3.94. The zero-order chi connectivity index (χ0) is 15.1. The molecule has 0 amide bonds. The molecule has 1 aromatic heterocycles. The number of nitrogens with one attached hydrogen (secondary N) is 1. The lowest BCUT2D eigenvalue weighted by molar-refractivity contribution is 0.146. The molecule has 120 valence electrons. The summed E-state index contributed by atoms with van der Waals surface area (Å²) in [5.74, 6) is 0.810. The van der Waals surface area contributed by atoms with Crippen molar-refractivity contribution in [2.24, 2.45) is 5.92 Å². The van der Waals surface area contributed by atoms with Gasteiger partial charge in [0.2, 0.25) is 0 Å². The SMILES string of the molecule is CCCC(NC(C)C1CCCN(CCC)C1)c1cccs1. The molecule has 1 aliphatic rings. The van der Waals surface area contributed by atoms with Crippen LogP contribution in [0.5, 0.6) is 0 Å². The van der Waals surface area contributed by atoms with Crippen LogP contribution in [-0.4, -0.2) is 30.6 Å². The van der Waals surface area contributed by atoms with Gasteiger partial charge < -0.3 is 10.2 Å². The largest absolute Gasteiger partial charge is 0.306 e. The molecule has 0 bridgehead atoms. The molecule has 0 radical (unpaired) electrons. The average Bonchev–Trinajstić information content (AvgIpc) is 3.01. The zero-order valence-corrected chi connectivity index (χ0v) is 14.8. The first-order valence-electron chi connectivity index (χ1n) is 8.76. The smallest absolute Gasteiger partial charge is 0.0416 e. The molecule has 1 N–H and O–H groups in total. The molecule has 1 saturated heterocycles. The van der Waals surface area contributed by atoms with Gasteiger partial charge in [0, 0.05) is 23.5 Å². The Labute approximate surface area is 134 Å². The van der Waals surface area contributed by atoms with E-state index in [0.29, 0.717) is 12.1 Å². The van der Waals surface area contributed by atoms with Crippen LogP contribution in [0.4, 0.5) is 0 Å². The van der Waals surface area contributed by atoms with E-state index in [1.807, 2.05) is 11.3 Å². The van der Waals surface area contributed by atoms with E-state index in [4.69, 9.17) is 0 Å². The molecular weight excluding hydrogens is 276 g/mol. The van der Waals surface area contributed by atoms with Crippen molar-refractivity contribution in [3.05, 3.63) is 22.4 Å². The van der Waals surface area contributed by atoms with Gasteiger partial charge in [0.15, 0.2) is 0 Å². The minimum absolute atomic E-state index is 0.548. The summed E-state index contributed by atoms with van der Waals surface area (Å²) in [6, 6.07) is 5.63. The molecule has 3 atom stereocenters. The molecule has 1 aliphatic heterocycles. The second-order valence-electron chi connectivity index (χ2n) is 6.51. The van der Waals surface area contributed by atoms with Gasteiger partial charge in [-0.15, -0.1) is 11.3 Å². The van der Waals surface area contributed by atoms with Gasteiger partial charge in [0.05, 0.1) is 0 Å². The minimum Gasteiger partial charge on any atom is -0.306 e. The van der Waals surface area contributed by atoms with Gasteiger partial charge in [-0.3, -0.25) is 0 Å². The van der Waals surface area contributed by atoms with Gasteiger partial charge in [-0.05, 0) is 63.1 Å². The molecule has 0 saturated carbocycles. The number of likely N-dealkylation sites (tertiary alicyclic amines) is 1. The third kappa shape index (κ3) is 5.08. The van der Waals surface area contributed by atoms with Crippen molar-refractivity contribution in [3.63, 3.8) is 0 Å². The fourth-order valence-electron chi connectivity index (χ4n) is 3.56. The van der Waals surface area contributed by atoms with Crippen molar-refractivity contribution in [3.8, 4) is 0 Å². The third-order valence-corrected chi connectivity index (χ3v) is 5.70. The second-order valence-corrected chi connectivity index (χ2v) is 7.49. The van der Waals surface area contributed by atoms with Crippen LogP contribution in [0.25, 0.3) is 0 Å². The van der Waals surface area contributed by atoms with E-state index in [-0.39, 0.29) is 0 Å². The van der Waals surface area contributed by atoms with Gasteiger partial charge in [0.1, 0.15) is 0 Å². The number of piperidine rings is 1. The lowest BCUT2D eigenvalue weighted by Gasteiger charge is -2.37. The van der Waals surface area contributed by atoms with Crippen molar-refractivity contribution in [2.45, 2.75) is 65.0 Å². The van der Waals surface area contributed by atoms with Gasteiger partial charge in [-0.25, -0.2) is 0 Å². The molecule has 21 heavy (non-hydrogen) atoms. The van der Waals surface area contributed by atoms with Crippen LogP contribution in [-0.2, 0) is 0 Å². The Morgan fingerprint density at radius 2 is 2.24 bits per heavy atom. The first-order valence-corrected chi connectivity index (χ1v) is 9.64. The molecule has 1 fully saturated rings. The Morgan fingerprint density at radius 3 is 2.90 bits per heavy atom. The number of thiophene rings is 1. The molecule has 2 heterocycles. The standard InChI is InChI=1S/C18H32N2S/c1-4-8-17(18-10-7-13-21-18)19-15(3)16-9-6-12-20(14-16)11-5-2/h7,10,13,15-17,19H,4-6,8-9,11-12,14H2,1-3H3. The molecule has 0 aromatic carbocycles. The molecule has 2 nitrogen and oxygen atoms in total. The normalized spacial score (nSPS) is 23.1. The van der Waals surface area contributed by atoms with Crippen LogP contribution in [0.3, 0.4) is 0 Å². The Balaban J connectivity index is 1.90. The summed E-state index contributed by atoms with van der Waals surface area (Å²) in [5, 5.41) is 6.14. The fraction of sp³-hybridized carbons (Fsp3) is 0.778. The van der Waals surface area contributed by atoms with Crippen molar-refractivity contribution < 1.29 is 0 Å².